The number of ether oxygens (including phenoxy) is 1. The molecule has 0 spiro atoms. The van der Waals surface area contributed by atoms with Gasteiger partial charge in [0.25, 0.3) is 0 Å². The number of fused-ring (bicyclic) bond motifs is 1. The monoisotopic (exact) mass is 339 g/mol. The van der Waals surface area contributed by atoms with E-state index in [-0.39, 0.29) is 0 Å². The summed E-state index contributed by atoms with van der Waals surface area (Å²) in [5.74, 6) is 1.20. The van der Waals surface area contributed by atoms with Gasteiger partial charge in [0.15, 0.2) is 0 Å². The quantitative estimate of drug-likeness (QED) is 0.822. The summed E-state index contributed by atoms with van der Waals surface area (Å²) in [6.45, 7) is 7.77. The highest BCUT2D eigenvalue weighted by Gasteiger charge is 2.48. The van der Waals surface area contributed by atoms with Crippen LogP contribution in [0.1, 0.15) is 37.9 Å². The molecule has 0 bridgehead atoms. The van der Waals surface area contributed by atoms with Crippen LogP contribution in [0, 0.1) is 22.8 Å². The molecule has 2 aliphatic heterocycles. The highest BCUT2D eigenvalue weighted by atomic mass is 16.5. The minimum absolute atomic E-state index is 0.435. The number of aliphatic hydroxyl groups excluding tert-OH is 1. The number of benzene rings is 1. The van der Waals surface area contributed by atoms with E-state index in [1.807, 2.05) is 36.8 Å². The summed E-state index contributed by atoms with van der Waals surface area (Å²) in [7, 11) is 0. The Kier molecular flexibility index (Phi) is 4.28. The SMILES string of the molecule is CCN1CCN([C@@H]2c3cc(C#N)ccc3OC(C)(C)[C@H]2O)C1=NC#N. The Labute approximate surface area is 147 Å². The normalized spacial score (nSPS) is 25.9. The lowest BCUT2D eigenvalue weighted by Crippen LogP contribution is -2.54. The number of aliphatic imine (C=N–C) groups is 1. The van der Waals surface area contributed by atoms with Gasteiger partial charge in [-0.05, 0) is 39.0 Å². The first-order valence-corrected chi connectivity index (χ1v) is 8.32. The predicted molar refractivity (Wildman–Crippen MR) is 91.6 cm³/mol. The van der Waals surface area contributed by atoms with Crippen molar-refractivity contribution in [3.8, 4) is 18.0 Å². The smallest absolute Gasteiger partial charge is 0.213 e. The Hall–Kier alpha value is -2.77. The van der Waals surface area contributed by atoms with Gasteiger partial charge in [-0.25, -0.2) is 0 Å². The standard InChI is InChI=1S/C18H21N5O2/c1-4-22-7-8-23(17(22)21-11-20)15-13-9-12(10-19)5-6-14(13)25-18(2,3)16(15)24/h5-6,9,15-16,24H,4,7-8H2,1-3H3/t15-,16+/m1/s1. The minimum Gasteiger partial charge on any atom is -0.485 e. The van der Waals surface area contributed by atoms with Gasteiger partial charge in [0, 0.05) is 25.2 Å². The molecular formula is C18H21N5O2. The van der Waals surface area contributed by atoms with Crippen LogP contribution < -0.4 is 4.74 Å². The van der Waals surface area contributed by atoms with Crippen molar-refractivity contribution in [2.75, 3.05) is 19.6 Å². The van der Waals surface area contributed by atoms with Crippen molar-refractivity contribution < 1.29 is 9.84 Å². The first-order chi connectivity index (χ1) is 11.9. The van der Waals surface area contributed by atoms with Crippen molar-refractivity contribution in [2.24, 2.45) is 4.99 Å². The molecule has 1 N–H and O–H groups in total. The summed E-state index contributed by atoms with van der Waals surface area (Å²) >= 11 is 0. The molecule has 2 heterocycles. The van der Waals surface area contributed by atoms with E-state index < -0.39 is 17.7 Å². The molecule has 7 nitrogen and oxygen atoms in total. The number of nitriles is 2. The molecule has 7 heteroatoms. The molecule has 1 saturated heterocycles. The van der Waals surface area contributed by atoms with Crippen LogP contribution in [0.25, 0.3) is 0 Å². The van der Waals surface area contributed by atoms with Gasteiger partial charge in [-0.2, -0.15) is 10.5 Å². The molecule has 1 aromatic carbocycles. The molecular weight excluding hydrogens is 318 g/mol. The maximum atomic E-state index is 11.0. The Morgan fingerprint density at radius 2 is 2.12 bits per heavy atom. The highest BCUT2D eigenvalue weighted by molar-refractivity contribution is 5.83. The number of nitrogens with zero attached hydrogens (tertiary/aromatic N) is 5. The van der Waals surface area contributed by atoms with Crippen LogP contribution in [-0.2, 0) is 0 Å². The Balaban J connectivity index is 2.13. The number of hydrogen-bond donors (Lipinski definition) is 1. The molecule has 130 valence electrons. The molecule has 0 saturated carbocycles. The van der Waals surface area contributed by atoms with E-state index in [1.54, 1.807) is 18.2 Å². The van der Waals surface area contributed by atoms with Crippen molar-refractivity contribution in [3.63, 3.8) is 0 Å². The average molecular weight is 339 g/mol. The fourth-order valence-electron chi connectivity index (χ4n) is 3.53. The largest absolute Gasteiger partial charge is 0.485 e. The van der Waals surface area contributed by atoms with Gasteiger partial charge in [-0.3, -0.25) is 0 Å². The van der Waals surface area contributed by atoms with Gasteiger partial charge in [0.05, 0.1) is 17.7 Å². The van der Waals surface area contributed by atoms with Crippen LogP contribution in [0.3, 0.4) is 0 Å². The van der Waals surface area contributed by atoms with E-state index in [4.69, 9.17) is 10.00 Å². The van der Waals surface area contributed by atoms with Crippen LogP contribution in [0.15, 0.2) is 23.2 Å². The molecule has 2 atom stereocenters. The number of hydrogen-bond acceptors (Lipinski definition) is 5. The molecule has 0 amide bonds. The van der Waals surface area contributed by atoms with Gasteiger partial charge < -0.3 is 19.6 Å². The van der Waals surface area contributed by atoms with E-state index in [1.165, 1.54) is 0 Å². The minimum atomic E-state index is -0.838. The third-order valence-electron chi connectivity index (χ3n) is 4.86. The number of rotatable bonds is 2. The number of aliphatic hydroxyl groups is 1. The zero-order valence-electron chi connectivity index (χ0n) is 14.6. The van der Waals surface area contributed by atoms with Gasteiger partial charge in [0.2, 0.25) is 12.2 Å². The van der Waals surface area contributed by atoms with E-state index in [0.29, 0.717) is 23.8 Å². The first-order valence-electron chi connectivity index (χ1n) is 8.32. The summed E-state index contributed by atoms with van der Waals surface area (Å²) in [5.41, 5.74) is 0.447. The molecule has 0 aliphatic carbocycles. The van der Waals surface area contributed by atoms with Gasteiger partial charge in [-0.1, -0.05) is 0 Å². The van der Waals surface area contributed by atoms with Crippen molar-refractivity contribution >= 4 is 5.96 Å². The lowest BCUT2D eigenvalue weighted by atomic mass is 9.85. The fourth-order valence-corrected chi connectivity index (χ4v) is 3.53. The third kappa shape index (κ3) is 2.77. The summed E-state index contributed by atoms with van der Waals surface area (Å²) in [6.07, 6.45) is 1.03. The van der Waals surface area contributed by atoms with Crippen LogP contribution in [0.4, 0.5) is 0 Å². The highest BCUT2D eigenvalue weighted by Crippen LogP contribution is 2.44. The summed E-state index contributed by atoms with van der Waals surface area (Å²) in [4.78, 5) is 7.94. The molecule has 1 aromatic rings. The lowest BCUT2D eigenvalue weighted by Gasteiger charge is -2.45. The van der Waals surface area contributed by atoms with Gasteiger partial charge in [-0.15, -0.1) is 4.99 Å². The van der Waals surface area contributed by atoms with Gasteiger partial charge in [0.1, 0.15) is 17.5 Å². The Morgan fingerprint density at radius 1 is 1.36 bits per heavy atom. The van der Waals surface area contributed by atoms with Crippen molar-refractivity contribution in [2.45, 2.75) is 38.5 Å². The molecule has 0 aromatic heterocycles. The second-order valence-corrected chi connectivity index (χ2v) is 6.74. The maximum Gasteiger partial charge on any atom is 0.213 e. The Bertz CT molecular complexity index is 790. The third-order valence-corrected chi connectivity index (χ3v) is 4.86. The predicted octanol–water partition coefficient (Wildman–Crippen LogP) is 1.61. The summed E-state index contributed by atoms with van der Waals surface area (Å²) < 4.78 is 5.96. The number of likely N-dealkylation sites (N-methyl/N-ethyl adjacent to an activating group) is 1. The zero-order valence-corrected chi connectivity index (χ0v) is 14.6. The molecule has 25 heavy (non-hydrogen) atoms. The summed E-state index contributed by atoms with van der Waals surface area (Å²) in [5, 5.41) is 29.3. The van der Waals surface area contributed by atoms with Crippen LogP contribution in [0.2, 0.25) is 0 Å². The second-order valence-electron chi connectivity index (χ2n) is 6.74. The van der Waals surface area contributed by atoms with E-state index in [0.717, 1.165) is 18.7 Å². The fraction of sp³-hybridized carbons (Fsp3) is 0.500. The number of guanidine groups is 1. The molecule has 0 radical (unpaired) electrons. The van der Waals surface area contributed by atoms with E-state index in [9.17, 15) is 10.4 Å². The second kappa shape index (κ2) is 6.27. The molecule has 3 rings (SSSR count). The average Bonchev–Trinajstić information content (AvgIpc) is 2.98. The molecule has 1 fully saturated rings. The topological polar surface area (TPSA) is 95.9 Å². The maximum absolute atomic E-state index is 11.0. The first kappa shape index (κ1) is 17.1. The molecule has 0 unspecified atom stereocenters. The Morgan fingerprint density at radius 3 is 2.76 bits per heavy atom. The van der Waals surface area contributed by atoms with E-state index >= 15 is 0 Å². The van der Waals surface area contributed by atoms with Crippen LogP contribution in [-0.4, -0.2) is 52.2 Å². The van der Waals surface area contributed by atoms with E-state index in [2.05, 4.69) is 11.1 Å². The van der Waals surface area contributed by atoms with Crippen molar-refractivity contribution in [1.82, 2.24) is 9.80 Å². The van der Waals surface area contributed by atoms with Crippen LogP contribution in [0.5, 0.6) is 5.75 Å². The van der Waals surface area contributed by atoms with Gasteiger partial charge >= 0.3 is 0 Å². The zero-order chi connectivity index (χ0) is 18.2. The van der Waals surface area contributed by atoms with Crippen LogP contribution >= 0.6 is 0 Å². The van der Waals surface area contributed by atoms with Crippen molar-refractivity contribution in [1.29, 1.82) is 10.5 Å². The molecule has 2 aliphatic rings. The van der Waals surface area contributed by atoms with Crippen molar-refractivity contribution in [3.05, 3.63) is 29.3 Å². The lowest BCUT2D eigenvalue weighted by molar-refractivity contribution is -0.0801. The summed E-state index contributed by atoms with van der Waals surface area (Å²) in [6, 6.07) is 6.92.